The Kier molecular flexibility index (Phi) is 5.53. The highest BCUT2D eigenvalue weighted by Crippen LogP contribution is 2.36. The Bertz CT molecular complexity index is 700. The molecular formula is C19H22BrN2O2+. The molecule has 1 aliphatic rings. The van der Waals surface area contributed by atoms with E-state index in [1.165, 1.54) is 0 Å². The van der Waals surface area contributed by atoms with Gasteiger partial charge in [0.2, 0.25) is 5.91 Å². The largest absolute Gasteiger partial charge is 0.508 e. The maximum atomic E-state index is 12.8. The van der Waals surface area contributed by atoms with Crippen molar-refractivity contribution in [3.8, 4) is 5.75 Å². The van der Waals surface area contributed by atoms with E-state index in [1.54, 1.807) is 6.07 Å². The second-order valence-corrected chi connectivity index (χ2v) is 7.03. The van der Waals surface area contributed by atoms with Crippen LogP contribution in [0.5, 0.6) is 5.75 Å². The molecule has 1 heterocycles. The minimum Gasteiger partial charge on any atom is -0.508 e. The zero-order valence-corrected chi connectivity index (χ0v) is 15.1. The Labute approximate surface area is 150 Å². The second kappa shape index (κ2) is 7.81. The summed E-state index contributed by atoms with van der Waals surface area (Å²) in [5.41, 5.74) is 1.83. The second-order valence-electron chi connectivity index (χ2n) is 6.12. The number of amides is 1. The van der Waals surface area contributed by atoms with Crippen molar-refractivity contribution in [2.75, 3.05) is 26.2 Å². The number of aromatic hydroxyl groups is 1. The summed E-state index contributed by atoms with van der Waals surface area (Å²) in [5.74, 6) is 0.227. The Morgan fingerprint density at radius 3 is 2.58 bits per heavy atom. The first-order valence-electron chi connectivity index (χ1n) is 8.28. The van der Waals surface area contributed by atoms with Crippen LogP contribution >= 0.6 is 15.9 Å². The van der Waals surface area contributed by atoms with Crippen LogP contribution in [0.1, 0.15) is 23.5 Å². The Hall–Kier alpha value is -1.85. The van der Waals surface area contributed by atoms with Gasteiger partial charge in [-0.2, -0.15) is 0 Å². The van der Waals surface area contributed by atoms with Crippen LogP contribution in [0.3, 0.4) is 0 Å². The van der Waals surface area contributed by atoms with Gasteiger partial charge in [-0.15, -0.1) is 0 Å². The lowest BCUT2D eigenvalue weighted by molar-refractivity contribution is -0.662. The third-order valence-corrected chi connectivity index (χ3v) is 5.00. The summed E-state index contributed by atoms with van der Waals surface area (Å²) >= 11 is 3.47. The van der Waals surface area contributed by atoms with E-state index >= 15 is 0 Å². The number of carbonyl (C=O) groups excluding carboxylic acids is 1. The fourth-order valence-electron chi connectivity index (χ4n) is 3.20. The summed E-state index contributed by atoms with van der Waals surface area (Å²) in [6.45, 7) is 3.52. The third-order valence-electron chi connectivity index (χ3n) is 4.50. The molecule has 1 atom stereocenters. The molecule has 0 unspecified atom stereocenters. The number of carbonyl (C=O) groups is 1. The van der Waals surface area contributed by atoms with Crippen LogP contribution in [0.2, 0.25) is 0 Å². The highest BCUT2D eigenvalue weighted by molar-refractivity contribution is 9.10. The topological polar surface area (TPSA) is 57.1 Å². The first-order chi connectivity index (χ1) is 11.6. The first kappa shape index (κ1) is 17.0. The molecule has 1 fully saturated rings. The molecule has 0 aliphatic carbocycles. The Morgan fingerprint density at radius 1 is 1.17 bits per heavy atom. The molecule has 0 spiro atoms. The van der Waals surface area contributed by atoms with E-state index in [4.69, 9.17) is 0 Å². The standard InChI is InChI=1S/C19H21BrN2O2/c20-15-6-7-18(23)17(12-15)16(14-4-2-1-3-5-14)13-19(24)22-10-8-21-9-11-22/h1-7,12,16,21,23H,8-11,13H2/p+1/t16-/m1/s1. The van der Waals surface area contributed by atoms with Gasteiger partial charge in [-0.05, 0) is 23.8 Å². The van der Waals surface area contributed by atoms with Crippen LogP contribution in [0.4, 0.5) is 0 Å². The number of rotatable bonds is 4. The van der Waals surface area contributed by atoms with Crippen LogP contribution in [0.15, 0.2) is 53.0 Å². The van der Waals surface area contributed by atoms with Crippen LogP contribution < -0.4 is 5.32 Å². The molecule has 0 radical (unpaired) electrons. The van der Waals surface area contributed by atoms with Gasteiger partial charge in [0.05, 0.1) is 26.2 Å². The van der Waals surface area contributed by atoms with E-state index in [0.717, 1.165) is 41.8 Å². The number of halogens is 1. The zero-order valence-electron chi connectivity index (χ0n) is 13.5. The number of hydrogen-bond donors (Lipinski definition) is 2. The average Bonchev–Trinajstić information content (AvgIpc) is 2.63. The van der Waals surface area contributed by atoms with Gasteiger partial charge in [-0.1, -0.05) is 46.3 Å². The number of piperazine rings is 1. The molecule has 1 amide bonds. The van der Waals surface area contributed by atoms with Gasteiger partial charge in [0.25, 0.3) is 0 Å². The number of phenols is 1. The first-order valence-corrected chi connectivity index (χ1v) is 9.07. The van der Waals surface area contributed by atoms with Crippen molar-refractivity contribution in [2.45, 2.75) is 12.3 Å². The molecule has 5 heteroatoms. The summed E-state index contributed by atoms with van der Waals surface area (Å²) in [6.07, 6.45) is 0.369. The van der Waals surface area contributed by atoms with E-state index in [2.05, 4.69) is 21.2 Å². The number of quaternary nitrogens is 1. The number of phenolic OH excluding ortho intramolecular Hbond substituents is 1. The number of nitrogens with zero attached hydrogens (tertiary/aromatic N) is 1. The van der Waals surface area contributed by atoms with Gasteiger partial charge < -0.3 is 15.3 Å². The highest BCUT2D eigenvalue weighted by Gasteiger charge is 2.25. The lowest BCUT2D eigenvalue weighted by Gasteiger charge is -2.28. The van der Waals surface area contributed by atoms with Crippen molar-refractivity contribution in [2.24, 2.45) is 0 Å². The van der Waals surface area contributed by atoms with Crippen molar-refractivity contribution in [3.05, 3.63) is 64.1 Å². The van der Waals surface area contributed by atoms with Crippen LogP contribution in [0, 0.1) is 0 Å². The molecule has 3 rings (SSSR count). The lowest BCUT2D eigenvalue weighted by Crippen LogP contribution is -2.89. The normalized spacial score (nSPS) is 16.0. The van der Waals surface area contributed by atoms with Gasteiger partial charge >= 0.3 is 0 Å². The summed E-state index contributed by atoms with van der Waals surface area (Å²) in [4.78, 5) is 14.7. The molecule has 24 heavy (non-hydrogen) atoms. The minimum atomic E-state index is -0.151. The molecule has 1 aliphatic heterocycles. The molecule has 2 aromatic carbocycles. The van der Waals surface area contributed by atoms with Crippen molar-refractivity contribution >= 4 is 21.8 Å². The van der Waals surface area contributed by atoms with E-state index in [1.807, 2.05) is 47.4 Å². The number of nitrogens with two attached hydrogens (primary N) is 1. The van der Waals surface area contributed by atoms with Gasteiger partial charge in [0, 0.05) is 22.4 Å². The van der Waals surface area contributed by atoms with Gasteiger partial charge in [0.15, 0.2) is 0 Å². The van der Waals surface area contributed by atoms with E-state index in [-0.39, 0.29) is 17.6 Å². The number of benzene rings is 2. The average molecular weight is 390 g/mol. The van der Waals surface area contributed by atoms with Crippen molar-refractivity contribution in [1.29, 1.82) is 0 Å². The lowest BCUT2D eigenvalue weighted by atomic mass is 9.87. The van der Waals surface area contributed by atoms with E-state index < -0.39 is 0 Å². The fraction of sp³-hybridized carbons (Fsp3) is 0.316. The molecule has 1 saturated heterocycles. The predicted octanol–water partition coefficient (Wildman–Crippen LogP) is 2.08. The van der Waals surface area contributed by atoms with Gasteiger partial charge in [0.1, 0.15) is 5.75 Å². The molecule has 126 valence electrons. The molecule has 2 aromatic rings. The summed E-state index contributed by atoms with van der Waals surface area (Å²) in [6, 6.07) is 15.3. The summed E-state index contributed by atoms with van der Waals surface area (Å²) in [7, 11) is 0. The molecule has 4 nitrogen and oxygen atoms in total. The predicted molar refractivity (Wildman–Crippen MR) is 96.9 cm³/mol. The van der Waals surface area contributed by atoms with Crippen molar-refractivity contribution in [1.82, 2.24) is 4.90 Å². The number of hydrogen-bond acceptors (Lipinski definition) is 2. The summed E-state index contributed by atoms with van der Waals surface area (Å²) < 4.78 is 0.899. The summed E-state index contributed by atoms with van der Waals surface area (Å²) in [5, 5.41) is 12.6. The SMILES string of the molecule is O=C(C[C@H](c1ccccc1)c1cc(Br)ccc1O)N1CC[NH2+]CC1. The van der Waals surface area contributed by atoms with Crippen LogP contribution in [0.25, 0.3) is 0 Å². The van der Waals surface area contributed by atoms with Crippen molar-refractivity contribution < 1.29 is 15.2 Å². The third kappa shape index (κ3) is 3.97. The molecule has 3 N–H and O–H groups in total. The highest BCUT2D eigenvalue weighted by atomic mass is 79.9. The zero-order chi connectivity index (χ0) is 16.9. The van der Waals surface area contributed by atoms with E-state index in [9.17, 15) is 9.90 Å². The molecular weight excluding hydrogens is 368 g/mol. The van der Waals surface area contributed by atoms with Crippen LogP contribution in [-0.2, 0) is 4.79 Å². The molecule has 0 bridgehead atoms. The Balaban J connectivity index is 1.90. The maximum absolute atomic E-state index is 12.8. The van der Waals surface area contributed by atoms with Gasteiger partial charge in [-0.25, -0.2) is 0 Å². The smallest absolute Gasteiger partial charge is 0.223 e. The molecule has 0 saturated carbocycles. The monoisotopic (exact) mass is 389 g/mol. The van der Waals surface area contributed by atoms with E-state index in [0.29, 0.717) is 6.42 Å². The molecule has 0 aromatic heterocycles. The fourth-order valence-corrected chi connectivity index (χ4v) is 3.58. The van der Waals surface area contributed by atoms with Gasteiger partial charge in [-0.3, -0.25) is 4.79 Å². The quantitative estimate of drug-likeness (QED) is 0.840. The Morgan fingerprint density at radius 2 is 1.88 bits per heavy atom. The van der Waals surface area contributed by atoms with Crippen molar-refractivity contribution in [3.63, 3.8) is 0 Å². The van der Waals surface area contributed by atoms with Crippen LogP contribution in [-0.4, -0.2) is 42.1 Å². The maximum Gasteiger partial charge on any atom is 0.223 e. The minimum absolute atomic E-state index is 0.149.